The highest BCUT2D eigenvalue weighted by Gasteiger charge is 2.11. The first-order chi connectivity index (χ1) is 11.7. The van der Waals surface area contributed by atoms with Gasteiger partial charge in [-0.25, -0.2) is 0 Å². The van der Waals surface area contributed by atoms with E-state index in [9.17, 15) is 4.79 Å². The highest BCUT2D eigenvalue weighted by Crippen LogP contribution is 2.24. The average Bonchev–Trinajstić information content (AvgIpc) is 3.10. The number of aromatic nitrogens is 2. The molecule has 0 unspecified atom stereocenters. The van der Waals surface area contributed by atoms with Crippen molar-refractivity contribution in [1.82, 2.24) is 15.5 Å². The summed E-state index contributed by atoms with van der Waals surface area (Å²) in [6.45, 7) is 6.03. The Hall–Kier alpha value is -3.21. The van der Waals surface area contributed by atoms with Gasteiger partial charge < -0.3 is 9.73 Å². The zero-order valence-electron chi connectivity index (χ0n) is 13.3. The van der Waals surface area contributed by atoms with Crippen LogP contribution in [0.15, 0.2) is 65.6 Å². The van der Waals surface area contributed by atoms with Crippen LogP contribution in [0.1, 0.15) is 15.9 Å². The van der Waals surface area contributed by atoms with Crippen molar-refractivity contribution in [3.63, 3.8) is 0 Å². The Balaban J connectivity index is 1.79. The van der Waals surface area contributed by atoms with Crippen LogP contribution in [0.25, 0.3) is 22.9 Å². The van der Waals surface area contributed by atoms with Gasteiger partial charge >= 0.3 is 0 Å². The third-order valence-electron chi connectivity index (χ3n) is 3.52. The Kier molecular flexibility index (Phi) is 4.52. The van der Waals surface area contributed by atoms with E-state index in [2.05, 4.69) is 22.1 Å². The summed E-state index contributed by atoms with van der Waals surface area (Å²) < 4.78 is 5.72. The van der Waals surface area contributed by atoms with Crippen molar-refractivity contribution >= 4 is 5.91 Å². The largest absolute Gasteiger partial charge is 0.416 e. The molecule has 0 aliphatic rings. The molecule has 120 valence electrons. The van der Waals surface area contributed by atoms with Gasteiger partial charge in [-0.05, 0) is 43.3 Å². The molecule has 1 heterocycles. The number of benzene rings is 2. The number of carbonyl (C=O) groups is 1. The molecule has 0 aliphatic carbocycles. The molecule has 1 N–H and O–H groups in total. The van der Waals surface area contributed by atoms with Crippen molar-refractivity contribution < 1.29 is 9.21 Å². The molecule has 0 saturated heterocycles. The predicted molar refractivity (Wildman–Crippen MR) is 92.4 cm³/mol. The summed E-state index contributed by atoms with van der Waals surface area (Å²) in [5, 5.41) is 10.9. The van der Waals surface area contributed by atoms with E-state index in [0.717, 1.165) is 11.1 Å². The van der Waals surface area contributed by atoms with Crippen molar-refractivity contribution in [2.24, 2.45) is 0 Å². The van der Waals surface area contributed by atoms with Gasteiger partial charge in [0.25, 0.3) is 5.91 Å². The summed E-state index contributed by atoms with van der Waals surface area (Å²) in [6, 6.07) is 14.9. The summed E-state index contributed by atoms with van der Waals surface area (Å²) in [5.41, 5.74) is 3.38. The number of nitrogens with one attached hydrogen (secondary N) is 1. The van der Waals surface area contributed by atoms with Gasteiger partial charge in [-0.2, -0.15) is 0 Å². The molecule has 3 rings (SSSR count). The summed E-state index contributed by atoms with van der Waals surface area (Å²) in [4.78, 5) is 11.9. The Morgan fingerprint density at radius 3 is 2.12 bits per heavy atom. The van der Waals surface area contributed by atoms with Crippen molar-refractivity contribution in [1.29, 1.82) is 0 Å². The molecule has 0 atom stereocenters. The number of amides is 1. The minimum absolute atomic E-state index is 0.146. The van der Waals surface area contributed by atoms with E-state index in [1.165, 1.54) is 5.56 Å². The SMILES string of the molecule is C=CCNC(=O)c1ccc(-c2nnc(-c3ccc(C)cc3)o2)cc1. The maximum absolute atomic E-state index is 11.9. The van der Waals surface area contributed by atoms with E-state index in [4.69, 9.17) is 4.42 Å². The highest BCUT2D eigenvalue weighted by atomic mass is 16.4. The summed E-state index contributed by atoms with van der Waals surface area (Å²) in [7, 11) is 0. The first kappa shape index (κ1) is 15.7. The summed E-state index contributed by atoms with van der Waals surface area (Å²) >= 11 is 0. The molecule has 2 aromatic carbocycles. The van der Waals surface area contributed by atoms with Gasteiger partial charge in [-0.1, -0.05) is 23.8 Å². The predicted octanol–water partition coefficient (Wildman–Crippen LogP) is 3.63. The van der Waals surface area contributed by atoms with Gasteiger partial charge in [0, 0.05) is 23.2 Å². The second-order valence-electron chi connectivity index (χ2n) is 5.35. The molecule has 5 nitrogen and oxygen atoms in total. The fourth-order valence-electron chi connectivity index (χ4n) is 2.18. The van der Waals surface area contributed by atoms with E-state index in [1.807, 2.05) is 31.2 Å². The van der Waals surface area contributed by atoms with Crippen LogP contribution in [0.4, 0.5) is 0 Å². The molecule has 24 heavy (non-hydrogen) atoms. The lowest BCUT2D eigenvalue weighted by molar-refractivity contribution is 0.0958. The maximum Gasteiger partial charge on any atom is 0.251 e. The second-order valence-corrected chi connectivity index (χ2v) is 5.35. The lowest BCUT2D eigenvalue weighted by Crippen LogP contribution is -2.22. The number of hydrogen-bond donors (Lipinski definition) is 1. The first-order valence-corrected chi connectivity index (χ1v) is 7.57. The van der Waals surface area contributed by atoms with Crippen LogP contribution in [0.5, 0.6) is 0 Å². The van der Waals surface area contributed by atoms with Gasteiger partial charge in [0.2, 0.25) is 11.8 Å². The Morgan fingerprint density at radius 1 is 1.04 bits per heavy atom. The minimum atomic E-state index is -0.146. The molecule has 0 aliphatic heterocycles. The van der Waals surface area contributed by atoms with E-state index in [0.29, 0.717) is 23.9 Å². The Bertz CT molecular complexity index is 849. The smallest absolute Gasteiger partial charge is 0.251 e. The topological polar surface area (TPSA) is 68.0 Å². The zero-order valence-corrected chi connectivity index (χ0v) is 13.3. The fourth-order valence-corrected chi connectivity index (χ4v) is 2.18. The third-order valence-corrected chi connectivity index (χ3v) is 3.52. The normalized spacial score (nSPS) is 10.4. The molecule has 3 aromatic rings. The van der Waals surface area contributed by atoms with Crippen LogP contribution in [-0.4, -0.2) is 22.6 Å². The summed E-state index contributed by atoms with van der Waals surface area (Å²) in [5.74, 6) is 0.744. The number of carbonyl (C=O) groups excluding carboxylic acids is 1. The van der Waals surface area contributed by atoms with Gasteiger partial charge in [0.15, 0.2) is 0 Å². The molecular formula is C19H17N3O2. The quantitative estimate of drug-likeness (QED) is 0.729. The number of aryl methyl sites for hydroxylation is 1. The van der Waals surface area contributed by atoms with Gasteiger partial charge in [0.05, 0.1) is 0 Å². The molecule has 0 fully saturated rings. The van der Waals surface area contributed by atoms with Crippen LogP contribution in [0.2, 0.25) is 0 Å². The first-order valence-electron chi connectivity index (χ1n) is 7.57. The number of rotatable bonds is 5. The van der Waals surface area contributed by atoms with Crippen LogP contribution in [0, 0.1) is 6.92 Å². The number of nitrogens with zero attached hydrogens (tertiary/aromatic N) is 2. The lowest BCUT2D eigenvalue weighted by Gasteiger charge is -2.02. The van der Waals surface area contributed by atoms with Gasteiger partial charge in [-0.3, -0.25) is 4.79 Å². The Morgan fingerprint density at radius 2 is 1.58 bits per heavy atom. The fraction of sp³-hybridized carbons (Fsp3) is 0.105. The van der Waals surface area contributed by atoms with Crippen molar-refractivity contribution in [2.75, 3.05) is 6.54 Å². The Labute approximate surface area is 140 Å². The summed E-state index contributed by atoms with van der Waals surface area (Å²) in [6.07, 6.45) is 1.64. The van der Waals surface area contributed by atoms with Gasteiger partial charge in [0.1, 0.15) is 0 Å². The van der Waals surface area contributed by atoms with E-state index in [-0.39, 0.29) is 5.91 Å². The van der Waals surface area contributed by atoms with Gasteiger partial charge in [-0.15, -0.1) is 16.8 Å². The zero-order chi connectivity index (χ0) is 16.9. The highest BCUT2D eigenvalue weighted by molar-refractivity contribution is 5.94. The van der Waals surface area contributed by atoms with Crippen LogP contribution in [0.3, 0.4) is 0 Å². The number of hydrogen-bond acceptors (Lipinski definition) is 4. The molecule has 1 aromatic heterocycles. The molecule has 0 spiro atoms. The molecular weight excluding hydrogens is 302 g/mol. The molecule has 0 saturated carbocycles. The standard InChI is InChI=1S/C19H17N3O2/c1-3-12-20-17(23)14-8-10-16(11-9-14)19-22-21-18(24-19)15-6-4-13(2)5-7-15/h3-11H,1,12H2,2H3,(H,20,23). The van der Waals surface area contributed by atoms with E-state index >= 15 is 0 Å². The minimum Gasteiger partial charge on any atom is -0.416 e. The molecule has 0 bridgehead atoms. The van der Waals surface area contributed by atoms with Crippen molar-refractivity contribution in [3.8, 4) is 22.9 Å². The maximum atomic E-state index is 11.9. The molecule has 0 radical (unpaired) electrons. The van der Waals surface area contributed by atoms with Crippen LogP contribution >= 0.6 is 0 Å². The van der Waals surface area contributed by atoms with E-state index in [1.54, 1.807) is 30.3 Å². The lowest BCUT2D eigenvalue weighted by atomic mass is 10.1. The second kappa shape index (κ2) is 6.91. The molecule has 1 amide bonds. The third kappa shape index (κ3) is 3.41. The van der Waals surface area contributed by atoms with Crippen LogP contribution < -0.4 is 5.32 Å². The van der Waals surface area contributed by atoms with Crippen molar-refractivity contribution in [2.45, 2.75) is 6.92 Å². The molecule has 5 heteroatoms. The van der Waals surface area contributed by atoms with E-state index < -0.39 is 0 Å². The van der Waals surface area contributed by atoms with Crippen LogP contribution in [-0.2, 0) is 0 Å². The van der Waals surface area contributed by atoms with Crippen molar-refractivity contribution in [3.05, 3.63) is 72.3 Å². The monoisotopic (exact) mass is 319 g/mol. The average molecular weight is 319 g/mol.